The Hall–Kier alpha value is -2.85. The van der Waals surface area contributed by atoms with Crippen molar-refractivity contribution in [2.24, 2.45) is 0 Å². The van der Waals surface area contributed by atoms with Crippen LogP contribution in [-0.4, -0.2) is 64.9 Å². The molecule has 0 saturated carbocycles. The summed E-state index contributed by atoms with van der Waals surface area (Å²) in [5, 5.41) is 4.66. The van der Waals surface area contributed by atoms with Crippen molar-refractivity contribution >= 4 is 30.9 Å². The van der Waals surface area contributed by atoms with Gasteiger partial charge in [0.1, 0.15) is 24.2 Å². The number of pyridine rings is 1. The number of likely N-dealkylation sites (tertiary alicyclic amines) is 1. The molecule has 1 fully saturated rings. The van der Waals surface area contributed by atoms with E-state index in [0.717, 1.165) is 47.8 Å². The minimum absolute atomic E-state index is 0.0573. The third-order valence-electron chi connectivity index (χ3n) is 6.10. The molecule has 1 N–H and O–H groups in total. The van der Waals surface area contributed by atoms with Gasteiger partial charge in [-0.15, -0.1) is 0 Å². The van der Waals surface area contributed by atoms with Crippen molar-refractivity contribution in [3.63, 3.8) is 0 Å². The number of carbonyl (C=O) groups is 1. The number of nitrogens with one attached hydrogen (secondary N) is 1. The summed E-state index contributed by atoms with van der Waals surface area (Å²) in [5.74, 6) is 0.505. The zero-order chi connectivity index (χ0) is 25.9. The van der Waals surface area contributed by atoms with Gasteiger partial charge in [-0.05, 0) is 45.7 Å². The number of fused-ring (bicyclic) bond motifs is 1. The van der Waals surface area contributed by atoms with Crippen molar-refractivity contribution in [2.45, 2.75) is 77.7 Å². The zero-order valence-electron chi connectivity index (χ0n) is 22.3. The van der Waals surface area contributed by atoms with E-state index in [2.05, 4.69) is 29.9 Å². The molecular formula is C26H39N5O4Si. The van der Waals surface area contributed by atoms with Gasteiger partial charge >= 0.3 is 6.09 Å². The summed E-state index contributed by atoms with van der Waals surface area (Å²) in [6.45, 7) is 15.2. The largest absolute Gasteiger partial charge is 0.444 e. The summed E-state index contributed by atoms with van der Waals surface area (Å²) in [6.07, 6.45) is 8.55. The molecule has 0 unspecified atom stereocenters. The van der Waals surface area contributed by atoms with Crippen LogP contribution < -0.4 is 5.32 Å². The third kappa shape index (κ3) is 6.67. The fraction of sp³-hybridized carbons (Fsp3) is 0.577. The van der Waals surface area contributed by atoms with Crippen molar-refractivity contribution in [3.05, 3.63) is 30.9 Å². The second-order valence-electron chi connectivity index (χ2n) is 11.7. The maximum atomic E-state index is 12.7. The molecule has 36 heavy (non-hydrogen) atoms. The first-order valence-electron chi connectivity index (χ1n) is 12.7. The number of carbonyl (C=O) groups excluding carboxylic acids is 1. The number of aromatic nitrogens is 3. The predicted molar refractivity (Wildman–Crippen MR) is 144 cm³/mol. The lowest BCUT2D eigenvalue weighted by molar-refractivity contribution is 0.0206. The quantitative estimate of drug-likeness (QED) is 0.300. The number of ether oxygens (including phenoxy) is 2. The second kappa shape index (κ2) is 10.6. The molecular weight excluding hydrogens is 474 g/mol. The fourth-order valence-electron chi connectivity index (χ4n) is 4.25. The van der Waals surface area contributed by atoms with E-state index in [-0.39, 0.29) is 12.1 Å². The Balaban J connectivity index is 1.56. The average Bonchev–Trinajstić information content (AvgIpc) is 3.46. The van der Waals surface area contributed by atoms with Gasteiger partial charge in [0.05, 0.1) is 17.4 Å². The summed E-state index contributed by atoms with van der Waals surface area (Å²) in [4.78, 5) is 23.6. The van der Waals surface area contributed by atoms with Crippen molar-refractivity contribution in [1.29, 1.82) is 0 Å². The Kier molecular flexibility index (Phi) is 7.75. The van der Waals surface area contributed by atoms with Crippen LogP contribution in [0.25, 0.3) is 22.5 Å². The normalized spacial score (nSPS) is 16.9. The van der Waals surface area contributed by atoms with Crippen LogP contribution in [0, 0.1) is 0 Å². The number of rotatable bonds is 8. The molecule has 1 aliphatic rings. The first kappa shape index (κ1) is 26.2. The van der Waals surface area contributed by atoms with E-state index in [0.29, 0.717) is 25.7 Å². The number of amides is 1. The molecule has 4 heterocycles. The highest BCUT2D eigenvalue weighted by Gasteiger charge is 2.29. The molecule has 1 aliphatic heterocycles. The van der Waals surface area contributed by atoms with Crippen molar-refractivity contribution in [1.82, 2.24) is 19.4 Å². The third-order valence-corrected chi connectivity index (χ3v) is 7.80. The van der Waals surface area contributed by atoms with Crippen LogP contribution >= 0.6 is 0 Å². The number of hydrogen-bond donors (Lipinski definition) is 1. The number of hydrogen-bond acceptors (Lipinski definition) is 7. The summed E-state index contributed by atoms with van der Waals surface area (Å²) < 4.78 is 19.2. The van der Waals surface area contributed by atoms with E-state index in [9.17, 15) is 4.79 Å². The molecule has 1 amide bonds. The fourth-order valence-corrected chi connectivity index (χ4v) is 5.01. The molecule has 0 spiro atoms. The van der Waals surface area contributed by atoms with E-state index < -0.39 is 13.7 Å². The van der Waals surface area contributed by atoms with E-state index in [1.54, 1.807) is 23.6 Å². The average molecular weight is 514 g/mol. The van der Waals surface area contributed by atoms with E-state index in [1.807, 2.05) is 37.6 Å². The minimum Gasteiger partial charge on any atom is -0.444 e. The topological polar surface area (TPSA) is 94.6 Å². The molecule has 0 aromatic carbocycles. The molecule has 3 aromatic heterocycles. The summed E-state index contributed by atoms with van der Waals surface area (Å²) in [7, 11) is -1.15. The molecule has 1 atom stereocenters. The SMILES string of the molecule is CC(C)(C)OC(=O)N1CCC[C@@H](Nc2c(-c3ncco3)cnc3c2ccn3COCC[Si](C)(C)C)C1. The summed E-state index contributed by atoms with van der Waals surface area (Å²) in [6, 6.07) is 3.23. The summed E-state index contributed by atoms with van der Waals surface area (Å²) in [5.41, 5.74) is 2.01. The molecule has 196 valence electrons. The highest BCUT2D eigenvalue weighted by molar-refractivity contribution is 6.76. The first-order chi connectivity index (χ1) is 17.0. The molecule has 0 aliphatic carbocycles. The van der Waals surface area contributed by atoms with Crippen LogP contribution in [0.5, 0.6) is 0 Å². The first-order valence-corrected chi connectivity index (χ1v) is 16.4. The Morgan fingerprint density at radius 3 is 2.78 bits per heavy atom. The Labute approximate surface area is 214 Å². The van der Waals surface area contributed by atoms with Gasteiger partial charge in [0.15, 0.2) is 0 Å². The smallest absolute Gasteiger partial charge is 0.410 e. The molecule has 10 heteroatoms. The van der Waals surface area contributed by atoms with Gasteiger partial charge in [0.2, 0.25) is 5.89 Å². The van der Waals surface area contributed by atoms with E-state index in [1.165, 1.54) is 0 Å². The zero-order valence-corrected chi connectivity index (χ0v) is 23.3. The predicted octanol–water partition coefficient (Wildman–Crippen LogP) is 5.82. The minimum atomic E-state index is -1.15. The van der Waals surface area contributed by atoms with Gasteiger partial charge in [-0.2, -0.15) is 0 Å². The van der Waals surface area contributed by atoms with Crippen LogP contribution in [0.1, 0.15) is 33.6 Å². The Morgan fingerprint density at radius 2 is 2.08 bits per heavy atom. The van der Waals surface area contributed by atoms with Crippen molar-refractivity contribution in [2.75, 3.05) is 25.0 Å². The van der Waals surface area contributed by atoms with Gasteiger partial charge in [0, 0.05) is 51.6 Å². The van der Waals surface area contributed by atoms with Crippen LogP contribution in [0.2, 0.25) is 25.7 Å². The highest BCUT2D eigenvalue weighted by atomic mass is 28.3. The Morgan fingerprint density at radius 1 is 1.28 bits per heavy atom. The van der Waals surface area contributed by atoms with Crippen molar-refractivity contribution < 1.29 is 18.7 Å². The second-order valence-corrected chi connectivity index (χ2v) is 17.3. The molecule has 0 bridgehead atoms. The Bertz CT molecular complexity index is 1160. The molecule has 9 nitrogen and oxygen atoms in total. The van der Waals surface area contributed by atoms with Gasteiger partial charge in [-0.3, -0.25) is 0 Å². The van der Waals surface area contributed by atoms with Crippen LogP contribution in [0.3, 0.4) is 0 Å². The summed E-state index contributed by atoms with van der Waals surface area (Å²) >= 11 is 0. The van der Waals surface area contributed by atoms with Gasteiger partial charge in [-0.25, -0.2) is 14.8 Å². The molecule has 1 saturated heterocycles. The van der Waals surface area contributed by atoms with E-state index in [4.69, 9.17) is 18.9 Å². The molecule has 4 rings (SSSR count). The van der Waals surface area contributed by atoms with Crippen molar-refractivity contribution in [3.8, 4) is 11.5 Å². The number of anilines is 1. The van der Waals surface area contributed by atoms with Gasteiger partial charge in [0.25, 0.3) is 0 Å². The lowest BCUT2D eigenvalue weighted by Gasteiger charge is -2.35. The lowest BCUT2D eigenvalue weighted by atomic mass is 10.0. The monoisotopic (exact) mass is 513 g/mol. The molecule has 3 aromatic rings. The van der Waals surface area contributed by atoms with Crippen LogP contribution in [0.4, 0.5) is 10.5 Å². The number of piperidine rings is 1. The standard InChI is InChI=1S/C26H39N5O4Si/c1-26(2,3)35-25(32)30-11-7-8-19(17-30)29-22-20-9-12-31(18-33-14-15-36(4,5)6)23(20)28-16-21(22)24-27-10-13-34-24/h9-10,12-13,16,19H,7-8,11,14-15,17-18H2,1-6H3,(H,28,29)/t19-/m1/s1. The maximum Gasteiger partial charge on any atom is 0.410 e. The number of oxazole rings is 1. The highest BCUT2D eigenvalue weighted by Crippen LogP contribution is 2.35. The molecule has 0 radical (unpaired) electrons. The number of nitrogens with zero attached hydrogens (tertiary/aromatic N) is 4. The van der Waals surface area contributed by atoms with Gasteiger partial charge in [-0.1, -0.05) is 19.6 Å². The lowest BCUT2D eigenvalue weighted by Crippen LogP contribution is -2.47. The van der Waals surface area contributed by atoms with E-state index >= 15 is 0 Å². The van der Waals surface area contributed by atoms with Crippen LogP contribution in [-0.2, 0) is 16.2 Å². The van der Waals surface area contributed by atoms with Gasteiger partial charge < -0.3 is 28.7 Å². The van der Waals surface area contributed by atoms with Crippen LogP contribution in [0.15, 0.2) is 35.3 Å². The maximum absolute atomic E-state index is 12.7.